The van der Waals surface area contributed by atoms with Crippen molar-refractivity contribution in [1.82, 2.24) is 4.90 Å². The predicted molar refractivity (Wildman–Crippen MR) is 64.1 cm³/mol. The minimum absolute atomic E-state index is 0.499. The first-order valence-corrected chi connectivity index (χ1v) is 6.21. The fraction of sp³-hybridized carbons (Fsp3) is 0.571. The van der Waals surface area contributed by atoms with Crippen LogP contribution in [0.2, 0.25) is 0 Å². The zero-order valence-corrected chi connectivity index (χ0v) is 9.80. The molecule has 16 heavy (non-hydrogen) atoms. The predicted octanol–water partition coefficient (Wildman–Crippen LogP) is 2.15. The van der Waals surface area contributed by atoms with E-state index in [4.69, 9.17) is 4.74 Å². The topological polar surface area (TPSA) is 12.5 Å². The van der Waals surface area contributed by atoms with Gasteiger partial charge in [0.05, 0.1) is 6.10 Å². The highest BCUT2D eigenvalue weighted by molar-refractivity contribution is 5.15. The lowest BCUT2D eigenvalue weighted by molar-refractivity contribution is 0.0949. The van der Waals surface area contributed by atoms with Crippen molar-refractivity contribution in [3.8, 4) is 0 Å². The molecule has 0 amide bonds. The van der Waals surface area contributed by atoms with Crippen LogP contribution in [0.1, 0.15) is 12.5 Å². The van der Waals surface area contributed by atoms with Crippen LogP contribution in [0, 0.1) is 11.8 Å². The van der Waals surface area contributed by atoms with E-state index < -0.39 is 0 Å². The lowest BCUT2D eigenvalue weighted by Crippen LogP contribution is -2.23. The second-order valence-electron chi connectivity index (χ2n) is 5.19. The minimum Gasteiger partial charge on any atom is -0.376 e. The van der Waals surface area contributed by atoms with E-state index in [0.29, 0.717) is 6.10 Å². The lowest BCUT2D eigenvalue weighted by atomic mass is 9.95. The molecule has 3 unspecified atom stereocenters. The van der Waals surface area contributed by atoms with Gasteiger partial charge in [-0.1, -0.05) is 37.3 Å². The van der Waals surface area contributed by atoms with E-state index in [2.05, 4.69) is 42.2 Å². The Kier molecular flexibility index (Phi) is 2.70. The summed E-state index contributed by atoms with van der Waals surface area (Å²) in [7, 11) is 0. The van der Waals surface area contributed by atoms with Crippen LogP contribution in [0.5, 0.6) is 0 Å². The molecule has 0 bridgehead atoms. The average Bonchev–Trinajstić information content (AvgIpc) is 2.83. The van der Waals surface area contributed by atoms with Crippen LogP contribution in [0.4, 0.5) is 0 Å². The molecule has 0 spiro atoms. The van der Waals surface area contributed by atoms with Gasteiger partial charge >= 0.3 is 0 Å². The van der Waals surface area contributed by atoms with Crippen LogP contribution < -0.4 is 0 Å². The van der Waals surface area contributed by atoms with Crippen LogP contribution in [0.25, 0.3) is 0 Å². The van der Waals surface area contributed by atoms with E-state index in [0.717, 1.165) is 31.5 Å². The number of nitrogens with zero attached hydrogens (tertiary/aromatic N) is 1. The molecule has 2 aliphatic rings. The van der Waals surface area contributed by atoms with Crippen LogP contribution in [-0.4, -0.2) is 30.7 Å². The monoisotopic (exact) mass is 217 g/mol. The second kappa shape index (κ2) is 4.19. The van der Waals surface area contributed by atoms with Crippen LogP contribution in [-0.2, 0) is 11.3 Å². The van der Waals surface area contributed by atoms with Crippen molar-refractivity contribution in [3.05, 3.63) is 35.9 Å². The number of fused-ring (bicyclic) bond motifs is 1. The molecule has 1 aromatic rings. The smallest absolute Gasteiger partial charge is 0.0745 e. The summed E-state index contributed by atoms with van der Waals surface area (Å²) in [6.07, 6.45) is 0.499. The SMILES string of the molecule is CC1COC2CN(Cc3ccccc3)CC12. The molecule has 0 aromatic heterocycles. The van der Waals surface area contributed by atoms with Gasteiger partial charge in [0.15, 0.2) is 0 Å². The molecular weight excluding hydrogens is 198 g/mol. The summed E-state index contributed by atoms with van der Waals surface area (Å²) in [5.74, 6) is 1.51. The molecule has 0 radical (unpaired) electrons. The fourth-order valence-corrected chi connectivity index (χ4v) is 2.97. The third-order valence-corrected chi connectivity index (χ3v) is 3.94. The summed E-state index contributed by atoms with van der Waals surface area (Å²) in [5, 5.41) is 0. The maximum Gasteiger partial charge on any atom is 0.0745 e. The molecule has 2 heterocycles. The van der Waals surface area contributed by atoms with Gasteiger partial charge in [0.25, 0.3) is 0 Å². The van der Waals surface area contributed by atoms with Gasteiger partial charge in [0.1, 0.15) is 0 Å². The number of hydrogen-bond donors (Lipinski definition) is 0. The highest BCUT2D eigenvalue weighted by atomic mass is 16.5. The van der Waals surface area contributed by atoms with Crippen molar-refractivity contribution in [2.45, 2.75) is 19.6 Å². The number of rotatable bonds is 2. The standard InChI is InChI=1S/C14H19NO/c1-11-10-16-14-9-15(8-13(11)14)7-12-5-3-2-4-6-12/h2-6,11,13-14H,7-10H2,1H3. The third kappa shape index (κ3) is 1.87. The highest BCUT2D eigenvalue weighted by Crippen LogP contribution is 2.33. The van der Waals surface area contributed by atoms with Gasteiger partial charge in [-0.05, 0) is 11.5 Å². The number of benzene rings is 1. The third-order valence-electron chi connectivity index (χ3n) is 3.94. The Morgan fingerprint density at radius 3 is 2.81 bits per heavy atom. The molecule has 3 rings (SSSR count). The van der Waals surface area contributed by atoms with Gasteiger partial charge in [-0.2, -0.15) is 0 Å². The van der Waals surface area contributed by atoms with Crippen molar-refractivity contribution in [3.63, 3.8) is 0 Å². The van der Waals surface area contributed by atoms with Gasteiger partial charge < -0.3 is 4.74 Å². The Hall–Kier alpha value is -0.860. The molecule has 2 fully saturated rings. The summed E-state index contributed by atoms with van der Waals surface area (Å²) in [5.41, 5.74) is 1.41. The zero-order valence-electron chi connectivity index (χ0n) is 9.80. The van der Waals surface area contributed by atoms with Crippen LogP contribution in [0.15, 0.2) is 30.3 Å². The lowest BCUT2D eigenvalue weighted by Gasteiger charge is -2.17. The highest BCUT2D eigenvalue weighted by Gasteiger charge is 2.41. The van der Waals surface area contributed by atoms with Crippen LogP contribution in [0.3, 0.4) is 0 Å². The number of hydrogen-bond acceptors (Lipinski definition) is 2. The first-order valence-electron chi connectivity index (χ1n) is 6.21. The van der Waals surface area contributed by atoms with Gasteiger partial charge in [0, 0.05) is 32.2 Å². The molecule has 2 saturated heterocycles. The summed E-state index contributed by atoms with van der Waals surface area (Å²) >= 11 is 0. The van der Waals surface area contributed by atoms with Crippen molar-refractivity contribution >= 4 is 0 Å². The Bertz CT molecular complexity index is 351. The largest absolute Gasteiger partial charge is 0.376 e. The molecule has 0 N–H and O–H groups in total. The first kappa shape index (κ1) is 10.3. The summed E-state index contributed by atoms with van der Waals surface area (Å²) in [6, 6.07) is 10.7. The van der Waals surface area contributed by atoms with E-state index in [-0.39, 0.29) is 0 Å². The maximum atomic E-state index is 5.82. The van der Waals surface area contributed by atoms with Gasteiger partial charge in [-0.3, -0.25) is 4.90 Å². The minimum atomic E-state index is 0.499. The zero-order chi connectivity index (χ0) is 11.0. The quantitative estimate of drug-likeness (QED) is 0.752. The molecule has 2 aliphatic heterocycles. The summed E-state index contributed by atoms with van der Waals surface area (Å²) < 4.78 is 5.82. The van der Waals surface area contributed by atoms with Crippen LogP contribution >= 0.6 is 0 Å². The maximum absolute atomic E-state index is 5.82. The molecule has 2 heteroatoms. The Labute approximate surface area is 97.2 Å². The molecule has 2 nitrogen and oxygen atoms in total. The molecule has 0 saturated carbocycles. The first-order chi connectivity index (χ1) is 7.83. The van der Waals surface area contributed by atoms with Gasteiger partial charge in [-0.25, -0.2) is 0 Å². The van der Waals surface area contributed by atoms with Crippen molar-refractivity contribution in [2.24, 2.45) is 11.8 Å². The average molecular weight is 217 g/mol. The summed E-state index contributed by atoms with van der Waals surface area (Å²) in [6.45, 7) is 6.68. The van der Waals surface area contributed by atoms with Crippen molar-refractivity contribution < 1.29 is 4.74 Å². The van der Waals surface area contributed by atoms with E-state index in [9.17, 15) is 0 Å². The number of likely N-dealkylation sites (tertiary alicyclic amines) is 1. The molecular formula is C14H19NO. The van der Waals surface area contributed by atoms with Crippen molar-refractivity contribution in [2.75, 3.05) is 19.7 Å². The molecule has 3 atom stereocenters. The molecule has 0 aliphatic carbocycles. The Morgan fingerprint density at radius 1 is 1.25 bits per heavy atom. The normalized spacial score (nSPS) is 34.2. The second-order valence-corrected chi connectivity index (χ2v) is 5.19. The Balaban J connectivity index is 1.63. The van der Waals surface area contributed by atoms with E-state index in [1.165, 1.54) is 12.1 Å². The van der Waals surface area contributed by atoms with E-state index in [1.54, 1.807) is 0 Å². The molecule has 1 aromatic carbocycles. The van der Waals surface area contributed by atoms with E-state index in [1.807, 2.05) is 0 Å². The fourth-order valence-electron chi connectivity index (χ4n) is 2.97. The number of ether oxygens (including phenoxy) is 1. The Morgan fingerprint density at radius 2 is 2.06 bits per heavy atom. The molecule has 86 valence electrons. The van der Waals surface area contributed by atoms with Crippen molar-refractivity contribution in [1.29, 1.82) is 0 Å². The van der Waals surface area contributed by atoms with Gasteiger partial charge in [-0.15, -0.1) is 0 Å². The summed E-state index contributed by atoms with van der Waals surface area (Å²) in [4.78, 5) is 2.53. The van der Waals surface area contributed by atoms with Gasteiger partial charge in [0.2, 0.25) is 0 Å². The van der Waals surface area contributed by atoms with E-state index >= 15 is 0 Å².